The van der Waals surface area contributed by atoms with Crippen LogP contribution in [0.15, 0.2) is 18.2 Å². The van der Waals surface area contributed by atoms with E-state index in [-0.39, 0.29) is 0 Å². The smallest absolute Gasteiger partial charge is 0.0595 e. The van der Waals surface area contributed by atoms with Crippen molar-refractivity contribution < 1.29 is 0 Å². The number of likely N-dealkylation sites (tertiary alicyclic amines) is 1. The summed E-state index contributed by atoms with van der Waals surface area (Å²) in [6.45, 7) is 5.07. The van der Waals surface area contributed by atoms with Crippen LogP contribution in [0.2, 0.25) is 10.0 Å². The van der Waals surface area contributed by atoms with Crippen LogP contribution in [0.5, 0.6) is 0 Å². The zero-order valence-corrected chi connectivity index (χ0v) is 11.5. The van der Waals surface area contributed by atoms with Gasteiger partial charge in [0, 0.05) is 6.04 Å². The van der Waals surface area contributed by atoms with Crippen molar-refractivity contribution in [1.29, 1.82) is 0 Å². The van der Waals surface area contributed by atoms with Crippen molar-refractivity contribution in [2.24, 2.45) is 11.7 Å². The lowest BCUT2D eigenvalue weighted by atomic mass is 9.94. The first-order chi connectivity index (χ1) is 8.17. The molecule has 1 heterocycles. The molecule has 2 rings (SSSR count). The Morgan fingerprint density at radius 2 is 2.12 bits per heavy atom. The van der Waals surface area contributed by atoms with E-state index >= 15 is 0 Å². The second-order valence-corrected chi connectivity index (χ2v) is 5.35. The third-order valence-electron chi connectivity index (χ3n) is 3.62. The maximum absolute atomic E-state index is 6.09. The Hall–Kier alpha value is -0.280. The number of nitrogens with zero attached hydrogens (tertiary/aromatic N) is 1. The van der Waals surface area contributed by atoms with Gasteiger partial charge < -0.3 is 5.73 Å². The average molecular weight is 273 g/mol. The average Bonchev–Trinajstić information content (AvgIpc) is 2.75. The molecule has 0 amide bonds. The molecule has 2 N–H and O–H groups in total. The van der Waals surface area contributed by atoms with Crippen LogP contribution in [0.3, 0.4) is 0 Å². The first kappa shape index (κ1) is 13.2. The first-order valence-corrected chi connectivity index (χ1v) is 6.82. The van der Waals surface area contributed by atoms with Crippen molar-refractivity contribution in [3.63, 3.8) is 0 Å². The van der Waals surface area contributed by atoms with Crippen LogP contribution in [0, 0.1) is 5.92 Å². The van der Waals surface area contributed by atoms with E-state index in [4.69, 9.17) is 28.9 Å². The lowest BCUT2D eigenvalue weighted by Crippen LogP contribution is -2.28. The fraction of sp³-hybridized carbons (Fsp3) is 0.538. The van der Waals surface area contributed by atoms with E-state index in [1.807, 2.05) is 12.1 Å². The fourth-order valence-corrected chi connectivity index (χ4v) is 3.01. The molecule has 2 nitrogen and oxygen atoms in total. The molecule has 0 bridgehead atoms. The van der Waals surface area contributed by atoms with Crippen molar-refractivity contribution in [3.05, 3.63) is 33.8 Å². The van der Waals surface area contributed by atoms with Gasteiger partial charge in [0.05, 0.1) is 10.0 Å². The Bertz CT molecular complexity index is 383. The number of hydrogen-bond donors (Lipinski definition) is 1. The van der Waals surface area contributed by atoms with Gasteiger partial charge in [0.2, 0.25) is 0 Å². The maximum atomic E-state index is 6.09. The minimum atomic E-state index is 0.389. The molecule has 1 fully saturated rings. The van der Waals surface area contributed by atoms with Crippen LogP contribution in [0.4, 0.5) is 0 Å². The molecule has 0 aromatic heterocycles. The highest BCUT2D eigenvalue weighted by atomic mass is 35.5. The van der Waals surface area contributed by atoms with Crippen LogP contribution in [0.25, 0.3) is 0 Å². The van der Waals surface area contributed by atoms with Gasteiger partial charge in [0.15, 0.2) is 0 Å². The van der Waals surface area contributed by atoms with E-state index in [9.17, 15) is 0 Å². The van der Waals surface area contributed by atoms with Crippen LogP contribution < -0.4 is 5.73 Å². The molecule has 0 saturated carbocycles. The van der Waals surface area contributed by atoms with Crippen molar-refractivity contribution in [3.8, 4) is 0 Å². The number of hydrogen-bond acceptors (Lipinski definition) is 2. The predicted octanol–water partition coefficient (Wildman–Crippen LogP) is 3.34. The van der Waals surface area contributed by atoms with E-state index in [0.29, 0.717) is 22.0 Å². The minimum Gasteiger partial charge on any atom is -0.330 e. The van der Waals surface area contributed by atoms with Gasteiger partial charge in [-0.25, -0.2) is 0 Å². The molecular weight excluding hydrogens is 255 g/mol. The normalized spacial score (nSPS) is 25.4. The Labute approximate surface area is 113 Å². The quantitative estimate of drug-likeness (QED) is 0.915. The lowest BCUT2D eigenvalue weighted by molar-refractivity contribution is 0.242. The zero-order valence-electron chi connectivity index (χ0n) is 10.00. The second-order valence-electron chi connectivity index (χ2n) is 4.53. The van der Waals surface area contributed by atoms with Gasteiger partial charge in [-0.3, -0.25) is 4.90 Å². The van der Waals surface area contributed by atoms with Gasteiger partial charge in [0.25, 0.3) is 0 Å². The molecule has 0 spiro atoms. The summed E-state index contributed by atoms with van der Waals surface area (Å²) >= 11 is 12.0. The standard InChI is InChI=1S/C13H18Cl2N2/c1-2-17-6-5-10(8-16)13(17)9-3-4-11(14)12(15)7-9/h3-4,7,10,13H,2,5-6,8,16H2,1H3. The number of benzene rings is 1. The number of halogens is 2. The molecular formula is C13H18Cl2N2. The molecule has 1 saturated heterocycles. The highest BCUT2D eigenvalue weighted by Gasteiger charge is 2.33. The molecule has 94 valence electrons. The molecule has 1 aliphatic heterocycles. The summed E-state index contributed by atoms with van der Waals surface area (Å²) in [7, 11) is 0. The van der Waals surface area contributed by atoms with E-state index < -0.39 is 0 Å². The van der Waals surface area contributed by atoms with E-state index in [1.165, 1.54) is 5.56 Å². The van der Waals surface area contributed by atoms with Gasteiger partial charge in [-0.15, -0.1) is 0 Å². The van der Waals surface area contributed by atoms with Crippen molar-refractivity contribution in [2.75, 3.05) is 19.6 Å². The molecule has 1 aliphatic rings. The summed E-state index contributed by atoms with van der Waals surface area (Å²) in [6, 6.07) is 6.31. The van der Waals surface area contributed by atoms with Gasteiger partial charge >= 0.3 is 0 Å². The topological polar surface area (TPSA) is 29.3 Å². The SMILES string of the molecule is CCN1CCC(CN)C1c1ccc(Cl)c(Cl)c1. The summed E-state index contributed by atoms with van der Waals surface area (Å²) in [5.41, 5.74) is 7.09. The summed E-state index contributed by atoms with van der Waals surface area (Å²) in [5, 5.41) is 1.24. The molecule has 4 heteroatoms. The van der Waals surface area contributed by atoms with E-state index in [1.54, 1.807) is 0 Å². The predicted molar refractivity (Wildman–Crippen MR) is 73.6 cm³/mol. The summed E-state index contributed by atoms with van der Waals surface area (Å²) in [5.74, 6) is 0.521. The van der Waals surface area contributed by atoms with Crippen LogP contribution >= 0.6 is 23.2 Å². The third-order valence-corrected chi connectivity index (χ3v) is 4.36. The largest absolute Gasteiger partial charge is 0.330 e. The van der Waals surface area contributed by atoms with Crippen molar-refractivity contribution >= 4 is 23.2 Å². The Morgan fingerprint density at radius 3 is 2.71 bits per heavy atom. The third kappa shape index (κ3) is 2.60. The van der Waals surface area contributed by atoms with Crippen LogP contribution in [0.1, 0.15) is 24.9 Å². The first-order valence-electron chi connectivity index (χ1n) is 6.06. The summed E-state index contributed by atoms with van der Waals surface area (Å²) < 4.78 is 0. The van der Waals surface area contributed by atoms with Gasteiger partial charge in [-0.2, -0.15) is 0 Å². The summed E-state index contributed by atoms with van der Waals surface area (Å²) in [4.78, 5) is 2.46. The van der Waals surface area contributed by atoms with E-state index in [0.717, 1.165) is 26.1 Å². The summed E-state index contributed by atoms with van der Waals surface area (Å²) in [6.07, 6.45) is 1.16. The van der Waals surface area contributed by atoms with Gasteiger partial charge in [-0.1, -0.05) is 36.2 Å². The van der Waals surface area contributed by atoms with Gasteiger partial charge in [-0.05, 0) is 49.7 Å². The molecule has 17 heavy (non-hydrogen) atoms. The molecule has 0 aliphatic carbocycles. The maximum Gasteiger partial charge on any atom is 0.0595 e. The molecule has 2 atom stereocenters. The minimum absolute atomic E-state index is 0.389. The highest BCUT2D eigenvalue weighted by molar-refractivity contribution is 6.42. The van der Waals surface area contributed by atoms with Crippen molar-refractivity contribution in [2.45, 2.75) is 19.4 Å². The lowest BCUT2D eigenvalue weighted by Gasteiger charge is -2.27. The Morgan fingerprint density at radius 1 is 1.35 bits per heavy atom. The molecule has 2 unspecified atom stereocenters. The Balaban J connectivity index is 2.31. The molecule has 0 radical (unpaired) electrons. The highest BCUT2D eigenvalue weighted by Crippen LogP contribution is 2.38. The van der Waals surface area contributed by atoms with E-state index in [2.05, 4.69) is 17.9 Å². The second kappa shape index (κ2) is 5.57. The van der Waals surface area contributed by atoms with Gasteiger partial charge in [0.1, 0.15) is 0 Å². The zero-order chi connectivity index (χ0) is 12.4. The Kier molecular flexibility index (Phi) is 4.31. The van der Waals surface area contributed by atoms with Crippen LogP contribution in [-0.2, 0) is 0 Å². The van der Waals surface area contributed by atoms with Crippen LogP contribution in [-0.4, -0.2) is 24.5 Å². The van der Waals surface area contributed by atoms with Crippen molar-refractivity contribution in [1.82, 2.24) is 4.90 Å². The monoisotopic (exact) mass is 272 g/mol. The molecule has 1 aromatic carbocycles. The fourth-order valence-electron chi connectivity index (χ4n) is 2.71. The number of rotatable bonds is 3. The molecule has 1 aromatic rings. The number of nitrogens with two attached hydrogens (primary N) is 1.